The monoisotopic (exact) mass is 177 g/mol. The second-order valence-corrected chi connectivity index (χ2v) is 3.35. The van der Waals surface area contributed by atoms with E-state index in [0.29, 0.717) is 0 Å². The smallest absolute Gasteiger partial charge is 0.141 e. The molecule has 0 aliphatic rings. The van der Waals surface area contributed by atoms with E-state index < -0.39 is 5.82 Å². The first-order valence-electron chi connectivity index (χ1n) is 3.38. The zero-order valence-corrected chi connectivity index (χ0v) is 6.86. The first-order chi connectivity index (χ1) is 5.81. The lowest BCUT2D eigenvalue weighted by Gasteiger charge is -1.92. The summed E-state index contributed by atoms with van der Waals surface area (Å²) in [6.45, 7) is 0. The van der Waals surface area contributed by atoms with Gasteiger partial charge in [-0.05, 0) is 29.0 Å². The molecule has 0 atom stereocenters. The molecule has 3 heteroatoms. The molecule has 0 N–H and O–H groups in total. The first kappa shape index (κ1) is 7.26. The maximum atomic E-state index is 13.0. The summed E-state index contributed by atoms with van der Waals surface area (Å²) in [4.78, 5) is 0. The number of nitrogens with zero attached hydrogens (tertiary/aromatic N) is 1. The maximum Gasteiger partial charge on any atom is 0.141 e. The number of fused-ring (bicyclic) bond motifs is 1. The van der Waals surface area contributed by atoms with Crippen LogP contribution in [0.15, 0.2) is 23.6 Å². The molecule has 0 amide bonds. The Bertz CT molecular complexity index is 467. The number of hydrogen-bond acceptors (Lipinski definition) is 2. The molecule has 12 heavy (non-hydrogen) atoms. The summed E-state index contributed by atoms with van der Waals surface area (Å²) < 4.78 is 13.9. The Morgan fingerprint density at radius 3 is 3.00 bits per heavy atom. The van der Waals surface area contributed by atoms with Gasteiger partial charge in [-0.2, -0.15) is 5.26 Å². The van der Waals surface area contributed by atoms with E-state index >= 15 is 0 Å². The Morgan fingerprint density at radius 2 is 2.25 bits per heavy atom. The SMILES string of the molecule is N#Cc1cc2sccc2cc1F. The largest absolute Gasteiger partial charge is 0.206 e. The first-order valence-corrected chi connectivity index (χ1v) is 4.26. The molecule has 0 unspecified atom stereocenters. The molecule has 2 rings (SSSR count). The van der Waals surface area contributed by atoms with Gasteiger partial charge in [-0.15, -0.1) is 11.3 Å². The number of nitriles is 1. The maximum absolute atomic E-state index is 13.0. The number of benzene rings is 1. The van der Waals surface area contributed by atoms with Crippen LogP contribution in [0.3, 0.4) is 0 Å². The van der Waals surface area contributed by atoms with Gasteiger partial charge in [-0.1, -0.05) is 0 Å². The normalized spacial score (nSPS) is 10.0. The third kappa shape index (κ3) is 0.973. The topological polar surface area (TPSA) is 23.8 Å². The molecule has 0 spiro atoms. The van der Waals surface area contributed by atoms with Gasteiger partial charge >= 0.3 is 0 Å². The molecule has 1 aromatic carbocycles. The Morgan fingerprint density at radius 1 is 1.42 bits per heavy atom. The quantitative estimate of drug-likeness (QED) is 0.607. The average molecular weight is 177 g/mol. The highest BCUT2D eigenvalue weighted by molar-refractivity contribution is 7.17. The number of hydrogen-bond donors (Lipinski definition) is 0. The predicted octanol–water partition coefficient (Wildman–Crippen LogP) is 2.91. The van der Waals surface area contributed by atoms with E-state index in [1.807, 2.05) is 17.5 Å². The van der Waals surface area contributed by atoms with Crippen LogP contribution in [0.5, 0.6) is 0 Å². The van der Waals surface area contributed by atoms with E-state index in [1.165, 1.54) is 17.4 Å². The third-order valence-electron chi connectivity index (χ3n) is 1.66. The highest BCUT2D eigenvalue weighted by Crippen LogP contribution is 2.23. The molecular weight excluding hydrogens is 173 g/mol. The standard InChI is InChI=1S/C9H4FNS/c10-8-3-6-1-2-12-9(6)4-7(8)5-11/h1-4H. The molecule has 1 nitrogen and oxygen atoms in total. The summed E-state index contributed by atoms with van der Waals surface area (Å²) in [5, 5.41) is 11.3. The summed E-state index contributed by atoms with van der Waals surface area (Å²) in [5.74, 6) is -0.441. The predicted molar refractivity (Wildman–Crippen MR) is 46.5 cm³/mol. The average Bonchev–Trinajstić information content (AvgIpc) is 2.49. The van der Waals surface area contributed by atoms with Gasteiger partial charge in [0.25, 0.3) is 0 Å². The lowest BCUT2D eigenvalue weighted by atomic mass is 10.2. The van der Waals surface area contributed by atoms with Gasteiger partial charge in [0.1, 0.15) is 11.9 Å². The molecule has 0 radical (unpaired) electrons. The van der Waals surface area contributed by atoms with Crippen LogP contribution in [-0.4, -0.2) is 0 Å². The van der Waals surface area contributed by atoms with Gasteiger partial charge in [-0.3, -0.25) is 0 Å². The summed E-state index contributed by atoms with van der Waals surface area (Å²) in [7, 11) is 0. The van der Waals surface area contributed by atoms with E-state index in [2.05, 4.69) is 0 Å². The molecule has 58 valence electrons. The van der Waals surface area contributed by atoms with Gasteiger partial charge in [0, 0.05) is 4.70 Å². The van der Waals surface area contributed by atoms with Crippen LogP contribution in [0.2, 0.25) is 0 Å². The Hall–Kier alpha value is -1.40. The lowest BCUT2D eigenvalue weighted by Crippen LogP contribution is -1.80. The minimum absolute atomic E-state index is 0.116. The van der Waals surface area contributed by atoms with Crippen molar-refractivity contribution in [1.29, 1.82) is 5.26 Å². The van der Waals surface area contributed by atoms with Gasteiger partial charge in [0.15, 0.2) is 0 Å². The number of rotatable bonds is 0. The van der Waals surface area contributed by atoms with E-state index in [9.17, 15) is 4.39 Å². The zero-order chi connectivity index (χ0) is 8.55. The summed E-state index contributed by atoms with van der Waals surface area (Å²) in [5.41, 5.74) is 0.116. The fourth-order valence-electron chi connectivity index (χ4n) is 1.07. The molecular formula is C9H4FNS. The van der Waals surface area contributed by atoms with Crippen LogP contribution in [0.25, 0.3) is 10.1 Å². The summed E-state index contributed by atoms with van der Waals surface area (Å²) in [6.07, 6.45) is 0. The van der Waals surface area contributed by atoms with Crippen LogP contribution in [0.4, 0.5) is 4.39 Å². The highest BCUT2D eigenvalue weighted by Gasteiger charge is 2.03. The van der Waals surface area contributed by atoms with E-state index in [1.54, 1.807) is 6.07 Å². The van der Waals surface area contributed by atoms with Crippen molar-refractivity contribution < 1.29 is 4.39 Å². The zero-order valence-electron chi connectivity index (χ0n) is 6.04. The van der Waals surface area contributed by atoms with Gasteiger partial charge in [0.05, 0.1) is 5.56 Å². The molecule has 0 saturated carbocycles. The minimum atomic E-state index is -0.441. The summed E-state index contributed by atoms with van der Waals surface area (Å²) >= 11 is 1.51. The van der Waals surface area contributed by atoms with Crippen molar-refractivity contribution >= 4 is 21.4 Å². The molecule has 0 fully saturated rings. The van der Waals surface area contributed by atoms with Crippen molar-refractivity contribution in [1.82, 2.24) is 0 Å². The van der Waals surface area contributed by atoms with Crippen molar-refractivity contribution in [2.24, 2.45) is 0 Å². The van der Waals surface area contributed by atoms with Crippen molar-refractivity contribution in [2.75, 3.05) is 0 Å². The van der Waals surface area contributed by atoms with E-state index in [4.69, 9.17) is 5.26 Å². The minimum Gasteiger partial charge on any atom is -0.206 e. The lowest BCUT2D eigenvalue weighted by molar-refractivity contribution is 0.626. The highest BCUT2D eigenvalue weighted by atomic mass is 32.1. The molecule has 0 bridgehead atoms. The van der Waals surface area contributed by atoms with Crippen LogP contribution in [-0.2, 0) is 0 Å². The molecule has 0 aliphatic heterocycles. The second-order valence-electron chi connectivity index (χ2n) is 2.40. The van der Waals surface area contributed by atoms with Crippen molar-refractivity contribution in [2.45, 2.75) is 0 Å². The van der Waals surface area contributed by atoms with Gasteiger partial charge in [0.2, 0.25) is 0 Å². The van der Waals surface area contributed by atoms with Crippen molar-refractivity contribution in [3.63, 3.8) is 0 Å². The van der Waals surface area contributed by atoms with E-state index in [-0.39, 0.29) is 5.56 Å². The van der Waals surface area contributed by atoms with Gasteiger partial charge in [-0.25, -0.2) is 4.39 Å². The molecule has 0 aliphatic carbocycles. The Labute approximate surface area is 72.7 Å². The Kier molecular flexibility index (Phi) is 1.56. The van der Waals surface area contributed by atoms with Crippen LogP contribution < -0.4 is 0 Å². The molecule has 2 aromatic rings. The van der Waals surface area contributed by atoms with Crippen LogP contribution in [0.1, 0.15) is 5.56 Å². The summed E-state index contributed by atoms with van der Waals surface area (Å²) in [6, 6.07) is 6.62. The fourth-order valence-corrected chi connectivity index (χ4v) is 1.88. The van der Waals surface area contributed by atoms with Crippen LogP contribution >= 0.6 is 11.3 Å². The molecule has 1 heterocycles. The van der Waals surface area contributed by atoms with E-state index in [0.717, 1.165) is 10.1 Å². The fraction of sp³-hybridized carbons (Fsp3) is 0. The third-order valence-corrected chi connectivity index (χ3v) is 2.54. The van der Waals surface area contributed by atoms with Crippen LogP contribution in [0, 0.1) is 17.1 Å². The van der Waals surface area contributed by atoms with Crippen molar-refractivity contribution in [3.8, 4) is 6.07 Å². The molecule has 0 saturated heterocycles. The van der Waals surface area contributed by atoms with Crippen molar-refractivity contribution in [3.05, 3.63) is 35.0 Å². The second kappa shape index (κ2) is 2.58. The molecule has 1 aromatic heterocycles. The Balaban J connectivity index is 2.84. The number of halogens is 1. The van der Waals surface area contributed by atoms with Gasteiger partial charge < -0.3 is 0 Å². The number of thiophene rings is 1.